The molecule has 18 heavy (non-hydrogen) atoms. The number of pyridine rings is 1. The Bertz CT molecular complexity index is 612. The number of aromatic nitrogens is 1. The largest absolute Gasteiger partial charge is 0.254 e. The molecule has 3 rings (SSSR count). The molecule has 2 heterocycles. The van der Waals surface area contributed by atoms with E-state index in [1.807, 2.05) is 28.5 Å². The third kappa shape index (κ3) is 2.33. The van der Waals surface area contributed by atoms with Gasteiger partial charge in [0.15, 0.2) is 0 Å². The predicted octanol–water partition coefficient (Wildman–Crippen LogP) is 4.95. The Labute approximate surface area is 115 Å². The minimum Gasteiger partial charge on any atom is -0.254 e. The van der Waals surface area contributed by atoms with Gasteiger partial charge in [0.05, 0.1) is 5.69 Å². The van der Waals surface area contributed by atoms with Crippen molar-refractivity contribution in [1.82, 2.24) is 4.98 Å². The first-order chi connectivity index (χ1) is 8.72. The fourth-order valence-electron chi connectivity index (χ4n) is 2.06. The van der Waals surface area contributed by atoms with Crippen molar-refractivity contribution in [3.63, 3.8) is 0 Å². The van der Waals surface area contributed by atoms with E-state index in [-0.39, 0.29) is 0 Å². The Morgan fingerprint density at radius 3 is 2.72 bits per heavy atom. The lowest BCUT2D eigenvalue weighted by atomic mass is 10.1. The van der Waals surface area contributed by atoms with Gasteiger partial charge < -0.3 is 0 Å². The van der Waals surface area contributed by atoms with Crippen molar-refractivity contribution in [2.45, 2.75) is 18.7 Å². The van der Waals surface area contributed by atoms with Gasteiger partial charge in [0.25, 0.3) is 0 Å². The van der Waals surface area contributed by atoms with Crippen molar-refractivity contribution < 1.29 is 0 Å². The van der Waals surface area contributed by atoms with Crippen LogP contribution in [0.1, 0.15) is 22.5 Å². The summed E-state index contributed by atoms with van der Waals surface area (Å²) in [7, 11) is 3.64. The van der Waals surface area contributed by atoms with Crippen LogP contribution < -0.4 is 0 Å². The van der Waals surface area contributed by atoms with Crippen LogP contribution in [0.15, 0.2) is 41.3 Å². The third-order valence-corrected chi connectivity index (χ3v) is 5.23. The molecule has 2 aromatic rings. The zero-order valence-corrected chi connectivity index (χ0v) is 11.9. The summed E-state index contributed by atoms with van der Waals surface area (Å²) in [6.07, 6.45) is 2.18. The zero-order chi connectivity index (χ0) is 12.5. The molecule has 0 N–H and O–H groups in total. The van der Waals surface area contributed by atoms with E-state index in [1.165, 1.54) is 20.9 Å². The zero-order valence-electron chi connectivity index (χ0n) is 10.3. The second kappa shape index (κ2) is 4.82. The molecule has 0 aliphatic carbocycles. The van der Waals surface area contributed by atoms with Gasteiger partial charge in [-0.1, -0.05) is 39.8 Å². The van der Waals surface area contributed by atoms with Crippen molar-refractivity contribution in [2.75, 3.05) is 0 Å². The molecule has 3 heteroatoms. The van der Waals surface area contributed by atoms with Crippen molar-refractivity contribution in [2.24, 2.45) is 0 Å². The van der Waals surface area contributed by atoms with Crippen molar-refractivity contribution >= 4 is 32.6 Å². The molecule has 0 amide bonds. The van der Waals surface area contributed by atoms with Gasteiger partial charge in [-0.3, -0.25) is 4.98 Å². The fraction of sp³-hybridized carbons (Fsp3) is 0.133. The molecule has 0 radical (unpaired) electrons. The summed E-state index contributed by atoms with van der Waals surface area (Å²) in [5.41, 5.74) is 4.71. The molecule has 1 aliphatic heterocycles. The van der Waals surface area contributed by atoms with E-state index < -0.39 is 0 Å². The van der Waals surface area contributed by atoms with Crippen LogP contribution in [0.5, 0.6) is 0 Å². The summed E-state index contributed by atoms with van der Waals surface area (Å²) in [4.78, 5) is 7.22. The van der Waals surface area contributed by atoms with Gasteiger partial charge in [0.2, 0.25) is 0 Å². The molecule has 1 aromatic heterocycles. The first-order valence-electron chi connectivity index (χ1n) is 5.83. The molecule has 1 aliphatic rings. The Hall–Kier alpha value is -1.19. The van der Waals surface area contributed by atoms with Crippen LogP contribution in [0.4, 0.5) is 0 Å². The molecule has 0 unspecified atom stereocenters. The van der Waals surface area contributed by atoms with E-state index in [0.29, 0.717) is 0 Å². The maximum absolute atomic E-state index is 4.57. The second-order valence-corrected chi connectivity index (χ2v) is 6.60. The van der Waals surface area contributed by atoms with Crippen LogP contribution >= 0.6 is 21.6 Å². The fourth-order valence-corrected chi connectivity index (χ4v) is 4.53. The quantitative estimate of drug-likeness (QED) is 0.681. The highest BCUT2D eigenvalue weighted by atomic mass is 33.1. The van der Waals surface area contributed by atoms with Crippen LogP contribution in [0.25, 0.3) is 11.0 Å². The molecule has 1 aromatic carbocycles. The third-order valence-electron chi connectivity index (χ3n) is 2.77. The molecule has 0 spiro atoms. The average molecular weight is 271 g/mol. The van der Waals surface area contributed by atoms with Crippen LogP contribution in [0.3, 0.4) is 0 Å². The maximum atomic E-state index is 4.57. The smallest absolute Gasteiger partial charge is 0.0647 e. The Balaban J connectivity index is 2.03. The molecule has 1 nitrogen and oxygen atoms in total. The Morgan fingerprint density at radius 1 is 1.06 bits per heavy atom. The van der Waals surface area contributed by atoms with E-state index >= 15 is 0 Å². The SMILES string of the molecule is Cc1cc(C)nc(/C=C2/SSc3ccccc32)c1. The summed E-state index contributed by atoms with van der Waals surface area (Å²) >= 11 is 0. The maximum Gasteiger partial charge on any atom is 0.0647 e. The van der Waals surface area contributed by atoms with E-state index in [2.05, 4.69) is 54.4 Å². The summed E-state index contributed by atoms with van der Waals surface area (Å²) in [6.45, 7) is 4.15. The van der Waals surface area contributed by atoms with Crippen molar-refractivity contribution in [3.8, 4) is 0 Å². The number of rotatable bonds is 1. The number of aryl methyl sites for hydroxylation is 2. The number of hydrogen-bond donors (Lipinski definition) is 0. The summed E-state index contributed by atoms with van der Waals surface area (Å²) in [5.74, 6) is 0. The van der Waals surface area contributed by atoms with Crippen LogP contribution in [0, 0.1) is 13.8 Å². The molecule has 0 fully saturated rings. The normalized spacial score (nSPS) is 16.0. The standard InChI is InChI=1S/C15H13NS2/c1-10-7-11(2)16-12(8-10)9-15-13-5-3-4-6-14(13)17-18-15/h3-9H,1-2H3/b15-9+. The van der Waals surface area contributed by atoms with Gasteiger partial charge in [0, 0.05) is 21.1 Å². The molecular weight excluding hydrogens is 258 g/mol. The molecular formula is C15H13NS2. The molecule has 90 valence electrons. The molecule has 0 bridgehead atoms. The summed E-state index contributed by atoms with van der Waals surface area (Å²) < 4.78 is 0. The van der Waals surface area contributed by atoms with Gasteiger partial charge in [-0.05, 0) is 43.7 Å². The summed E-state index contributed by atoms with van der Waals surface area (Å²) in [6, 6.07) is 12.8. The summed E-state index contributed by atoms with van der Waals surface area (Å²) in [5, 5.41) is 0. The van der Waals surface area contributed by atoms with Gasteiger partial charge in [0.1, 0.15) is 0 Å². The lowest BCUT2D eigenvalue weighted by Gasteiger charge is -2.01. The molecule has 0 saturated carbocycles. The van der Waals surface area contributed by atoms with E-state index in [4.69, 9.17) is 0 Å². The van der Waals surface area contributed by atoms with E-state index in [9.17, 15) is 0 Å². The lowest BCUT2D eigenvalue weighted by molar-refractivity contribution is 1.16. The van der Waals surface area contributed by atoms with Gasteiger partial charge >= 0.3 is 0 Å². The van der Waals surface area contributed by atoms with Gasteiger partial charge in [-0.15, -0.1) is 0 Å². The van der Waals surface area contributed by atoms with Gasteiger partial charge in [-0.2, -0.15) is 0 Å². The van der Waals surface area contributed by atoms with Crippen LogP contribution in [-0.2, 0) is 0 Å². The van der Waals surface area contributed by atoms with E-state index in [1.54, 1.807) is 0 Å². The Kier molecular flexibility index (Phi) is 3.18. The van der Waals surface area contributed by atoms with Crippen LogP contribution in [0.2, 0.25) is 0 Å². The van der Waals surface area contributed by atoms with Gasteiger partial charge in [-0.25, -0.2) is 0 Å². The highest BCUT2D eigenvalue weighted by molar-refractivity contribution is 8.80. The minimum atomic E-state index is 1.05. The molecule has 0 atom stereocenters. The number of nitrogens with zero attached hydrogens (tertiary/aromatic N) is 1. The highest BCUT2D eigenvalue weighted by Crippen LogP contribution is 2.52. The van der Waals surface area contributed by atoms with Crippen molar-refractivity contribution in [3.05, 3.63) is 58.9 Å². The average Bonchev–Trinajstić information content (AvgIpc) is 2.72. The minimum absolute atomic E-state index is 1.05. The van der Waals surface area contributed by atoms with E-state index in [0.717, 1.165) is 11.4 Å². The predicted molar refractivity (Wildman–Crippen MR) is 81.5 cm³/mol. The van der Waals surface area contributed by atoms with Crippen molar-refractivity contribution in [1.29, 1.82) is 0 Å². The first kappa shape index (κ1) is 11.9. The number of benzene rings is 1. The second-order valence-electron chi connectivity index (χ2n) is 4.38. The number of fused-ring (bicyclic) bond motifs is 1. The topological polar surface area (TPSA) is 12.9 Å². The monoisotopic (exact) mass is 271 g/mol. The van der Waals surface area contributed by atoms with Crippen LogP contribution in [-0.4, -0.2) is 4.98 Å². The highest BCUT2D eigenvalue weighted by Gasteiger charge is 2.17. The first-order valence-corrected chi connectivity index (χ1v) is 7.98. The number of hydrogen-bond acceptors (Lipinski definition) is 3. The lowest BCUT2D eigenvalue weighted by Crippen LogP contribution is -1.88. The Morgan fingerprint density at radius 2 is 1.89 bits per heavy atom. The molecule has 0 saturated heterocycles.